The summed E-state index contributed by atoms with van der Waals surface area (Å²) < 4.78 is 8.17. The monoisotopic (exact) mass is 453 g/mol. The summed E-state index contributed by atoms with van der Waals surface area (Å²) in [6, 6.07) is 12.9. The molecule has 29 heavy (non-hydrogen) atoms. The molecule has 8 heteroatoms. The summed E-state index contributed by atoms with van der Waals surface area (Å²) in [6.07, 6.45) is 1.47. The summed E-state index contributed by atoms with van der Waals surface area (Å²) in [5.74, 6) is 1.02. The van der Waals surface area contributed by atoms with E-state index in [1.165, 1.54) is 6.33 Å². The normalized spacial score (nSPS) is 15.5. The maximum Gasteiger partial charge on any atom is 0.255 e. The molecule has 0 unspecified atom stereocenters. The highest BCUT2D eigenvalue weighted by Gasteiger charge is 2.35. The van der Waals surface area contributed by atoms with Gasteiger partial charge >= 0.3 is 0 Å². The second kappa shape index (κ2) is 7.71. The third-order valence-corrected chi connectivity index (χ3v) is 5.41. The van der Waals surface area contributed by atoms with E-state index in [4.69, 9.17) is 4.74 Å². The van der Waals surface area contributed by atoms with Gasteiger partial charge < -0.3 is 15.4 Å². The van der Waals surface area contributed by atoms with Crippen molar-refractivity contribution in [2.24, 2.45) is 0 Å². The van der Waals surface area contributed by atoms with E-state index in [-0.39, 0.29) is 5.91 Å². The second-order valence-electron chi connectivity index (χ2n) is 6.75. The van der Waals surface area contributed by atoms with Gasteiger partial charge in [0.25, 0.3) is 5.91 Å². The number of methoxy groups -OCH3 is 1. The maximum absolute atomic E-state index is 13.4. The Hall–Kier alpha value is -3.13. The van der Waals surface area contributed by atoms with Crippen LogP contribution in [0.2, 0.25) is 0 Å². The number of nitrogens with zero attached hydrogens (tertiary/aromatic N) is 3. The SMILES string of the molecule is COc1ccc(Br)cc1[C@H]1C(C(=O)Nc2ccccc2C)=C(C)Nc2ncnn21. The molecule has 3 aromatic rings. The van der Waals surface area contributed by atoms with Crippen molar-refractivity contribution in [2.45, 2.75) is 19.9 Å². The molecule has 2 aromatic carbocycles. The van der Waals surface area contributed by atoms with Crippen molar-refractivity contribution >= 4 is 33.5 Å². The van der Waals surface area contributed by atoms with Gasteiger partial charge in [-0.3, -0.25) is 4.79 Å². The van der Waals surface area contributed by atoms with Crippen LogP contribution in [0.15, 0.2) is 64.5 Å². The Morgan fingerprint density at radius 1 is 1.24 bits per heavy atom. The Morgan fingerprint density at radius 2 is 2.03 bits per heavy atom. The molecule has 0 aliphatic carbocycles. The fourth-order valence-electron chi connectivity index (χ4n) is 3.49. The predicted octanol–water partition coefficient (Wildman–Crippen LogP) is 4.29. The third-order valence-electron chi connectivity index (χ3n) is 4.92. The highest BCUT2D eigenvalue weighted by Crippen LogP contribution is 2.40. The van der Waals surface area contributed by atoms with Crippen molar-refractivity contribution in [1.82, 2.24) is 14.8 Å². The first-order valence-electron chi connectivity index (χ1n) is 9.07. The van der Waals surface area contributed by atoms with Gasteiger partial charge in [0.1, 0.15) is 18.1 Å². The zero-order valence-electron chi connectivity index (χ0n) is 16.2. The largest absolute Gasteiger partial charge is 0.496 e. The van der Waals surface area contributed by atoms with E-state index in [0.717, 1.165) is 21.3 Å². The molecule has 1 aliphatic heterocycles. The fourth-order valence-corrected chi connectivity index (χ4v) is 3.87. The molecule has 1 aromatic heterocycles. The van der Waals surface area contributed by atoms with Crippen LogP contribution in [-0.2, 0) is 4.79 Å². The number of aryl methyl sites for hydroxylation is 1. The Labute approximate surface area is 176 Å². The molecule has 0 bridgehead atoms. The van der Waals surface area contributed by atoms with Gasteiger partial charge in [0.2, 0.25) is 5.95 Å². The van der Waals surface area contributed by atoms with Gasteiger partial charge in [-0.25, -0.2) is 4.68 Å². The van der Waals surface area contributed by atoms with E-state index in [2.05, 4.69) is 36.6 Å². The number of benzene rings is 2. The number of ether oxygens (including phenoxy) is 1. The Morgan fingerprint density at radius 3 is 2.79 bits per heavy atom. The van der Waals surface area contributed by atoms with E-state index in [9.17, 15) is 4.79 Å². The quantitative estimate of drug-likeness (QED) is 0.615. The number of aromatic nitrogens is 3. The van der Waals surface area contributed by atoms with Crippen LogP contribution in [-0.4, -0.2) is 27.8 Å². The second-order valence-corrected chi connectivity index (χ2v) is 7.67. The van der Waals surface area contributed by atoms with Gasteiger partial charge in [-0.1, -0.05) is 34.1 Å². The zero-order chi connectivity index (χ0) is 20.5. The van der Waals surface area contributed by atoms with E-state index >= 15 is 0 Å². The van der Waals surface area contributed by atoms with Gasteiger partial charge in [-0.15, -0.1) is 0 Å². The summed E-state index contributed by atoms with van der Waals surface area (Å²) in [7, 11) is 1.61. The number of nitrogens with one attached hydrogen (secondary N) is 2. The smallest absolute Gasteiger partial charge is 0.255 e. The topological polar surface area (TPSA) is 81.1 Å². The molecule has 0 fully saturated rings. The average Bonchev–Trinajstić information content (AvgIpc) is 3.16. The first kappa shape index (κ1) is 19.2. The standard InChI is InChI=1S/C21H20BrN5O2/c1-12-6-4-5-7-16(12)26-20(28)18-13(2)25-21-23-11-24-27(21)19(18)15-10-14(22)8-9-17(15)29-3/h4-11,19H,1-3H3,(H,26,28)(H,23,24,25)/t19-/m0/s1. The number of anilines is 2. The minimum atomic E-state index is -0.495. The minimum absolute atomic E-state index is 0.211. The van der Waals surface area contributed by atoms with Crippen molar-refractivity contribution in [2.75, 3.05) is 17.7 Å². The predicted molar refractivity (Wildman–Crippen MR) is 115 cm³/mol. The summed E-state index contributed by atoms with van der Waals surface area (Å²) in [4.78, 5) is 17.7. The summed E-state index contributed by atoms with van der Waals surface area (Å²) in [5, 5.41) is 10.6. The van der Waals surface area contributed by atoms with E-state index in [1.54, 1.807) is 11.8 Å². The van der Waals surface area contributed by atoms with Gasteiger partial charge in [0, 0.05) is 21.4 Å². The molecular weight excluding hydrogens is 434 g/mol. The molecule has 2 heterocycles. The minimum Gasteiger partial charge on any atom is -0.496 e. The Balaban J connectivity index is 1.84. The average molecular weight is 454 g/mol. The van der Waals surface area contributed by atoms with Crippen molar-refractivity contribution in [3.8, 4) is 5.75 Å². The number of rotatable bonds is 4. The van der Waals surface area contributed by atoms with Crippen LogP contribution in [0.3, 0.4) is 0 Å². The van der Waals surface area contributed by atoms with Crippen molar-refractivity contribution in [3.63, 3.8) is 0 Å². The van der Waals surface area contributed by atoms with Crippen molar-refractivity contribution in [3.05, 3.63) is 75.7 Å². The molecule has 0 spiro atoms. The highest BCUT2D eigenvalue weighted by molar-refractivity contribution is 9.10. The number of hydrogen-bond acceptors (Lipinski definition) is 5. The number of carbonyl (C=O) groups excluding carboxylic acids is 1. The van der Waals surface area contributed by atoms with Crippen LogP contribution in [0.4, 0.5) is 11.6 Å². The van der Waals surface area contributed by atoms with Crippen LogP contribution in [0, 0.1) is 6.92 Å². The molecule has 2 N–H and O–H groups in total. The number of para-hydroxylation sites is 1. The molecule has 7 nitrogen and oxygen atoms in total. The molecule has 4 rings (SSSR count). The summed E-state index contributed by atoms with van der Waals surface area (Å²) in [5.41, 5.74) is 3.82. The molecule has 148 valence electrons. The lowest BCUT2D eigenvalue weighted by Crippen LogP contribution is -2.31. The van der Waals surface area contributed by atoms with Crippen LogP contribution >= 0.6 is 15.9 Å². The number of allylic oxidation sites excluding steroid dienone is 1. The molecule has 0 saturated heterocycles. The molecule has 1 aliphatic rings. The Kier molecular flexibility index (Phi) is 5.10. The Bertz CT molecular complexity index is 1120. The van der Waals surface area contributed by atoms with Gasteiger partial charge in [0.05, 0.1) is 12.7 Å². The third kappa shape index (κ3) is 3.51. The first-order chi connectivity index (χ1) is 14.0. The molecule has 0 saturated carbocycles. The van der Waals surface area contributed by atoms with Gasteiger partial charge in [-0.2, -0.15) is 10.1 Å². The van der Waals surface area contributed by atoms with Crippen LogP contribution < -0.4 is 15.4 Å². The highest BCUT2D eigenvalue weighted by atomic mass is 79.9. The molecule has 0 radical (unpaired) electrons. The molecular formula is C21H20BrN5O2. The summed E-state index contributed by atoms with van der Waals surface area (Å²) >= 11 is 3.53. The fraction of sp³-hybridized carbons (Fsp3) is 0.190. The number of fused-ring (bicyclic) bond motifs is 1. The van der Waals surface area contributed by atoms with E-state index in [0.29, 0.717) is 23.0 Å². The first-order valence-corrected chi connectivity index (χ1v) is 9.86. The maximum atomic E-state index is 13.4. The lowest BCUT2D eigenvalue weighted by molar-refractivity contribution is -0.113. The van der Waals surface area contributed by atoms with Gasteiger partial charge in [-0.05, 0) is 43.7 Å². The number of amides is 1. The molecule has 1 atom stereocenters. The van der Waals surface area contributed by atoms with Crippen LogP contribution in [0.25, 0.3) is 0 Å². The van der Waals surface area contributed by atoms with Crippen LogP contribution in [0.5, 0.6) is 5.75 Å². The molecule has 1 amide bonds. The number of carbonyl (C=O) groups is 1. The van der Waals surface area contributed by atoms with Crippen molar-refractivity contribution in [1.29, 1.82) is 0 Å². The van der Waals surface area contributed by atoms with Crippen molar-refractivity contribution < 1.29 is 9.53 Å². The lowest BCUT2D eigenvalue weighted by atomic mass is 9.94. The van der Waals surface area contributed by atoms with Crippen LogP contribution in [0.1, 0.15) is 24.1 Å². The van der Waals surface area contributed by atoms with E-state index in [1.807, 2.05) is 56.3 Å². The summed E-state index contributed by atoms with van der Waals surface area (Å²) in [6.45, 7) is 3.82. The van der Waals surface area contributed by atoms with Gasteiger partial charge in [0.15, 0.2) is 0 Å². The lowest BCUT2D eigenvalue weighted by Gasteiger charge is -2.29. The number of hydrogen-bond donors (Lipinski definition) is 2. The number of halogens is 1. The zero-order valence-corrected chi connectivity index (χ0v) is 17.8. The van der Waals surface area contributed by atoms with E-state index < -0.39 is 6.04 Å².